The highest BCUT2D eigenvalue weighted by Gasteiger charge is 3.09. The van der Waals surface area contributed by atoms with E-state index in [1.807, 2.05) is 0 Å². The van der Waals surface area contributed by atoms with Crippen molar-refractivity contribution in [3.8, 4) is 0 Å². The molecule has 0 aromatic carbocycles. The molecule has 24 heavy (non-hydrogen) atoms. The SMILES string of the molecule is O=C1O[C@@]23CCC[C@H]2[C@H]2[C@H]4[C@H]5[C@H]6[C@H]7CCC[C@]78OC(=O)[C@@]2([C@@H]58)[C@]16[C@H]43. The van der Waals surface area contributed by atoms with Gasteiger partial charge < -0.3 is 9.47 Å². The molecule has 4 spiro atoms. The van der Waals surface area contributed by atoms with Crippen LogP contribution in [-0.2, 0) is 19.1 Å². The summed E-state index contributed by atoms with van der Waals surface area (Å²) in [5.41, 5.74) is -1.25. The van der Waals surface area contributed by atoms with E-state index in [0.29, 0.717) is 47.3 Å². The van der Waals surface area contributed by atoms with Gasteiger partial charge in [-0.1, -0.05) is 0 Å². The molecule has 10 aliphatic rings. The zero-order chi connectivity index (χ0) is 15.4. The minimum Gasteiger partial charge on any atom is -0.458 e. The minimum absolute atomic E-state index is 0.0405. The largest absolute Gasteiger partial charge is 0.458 e. The molecule has 2 heterocycles. The Morgan fingerprint density at radius 1 is 0.750 bits per heavy atom. The molecule has 2 aliphatic heterocycles. The normalized spacial score (nSPS) is 78.5. The quantitative estimate of drug-likeness (QED) is 0.639. The van der Waals surface area contributed by atoms with Crippen LogP contribution in [0, 0.1) is 58.2 Å². The lowest BCUT2D eigenvalue weighted by Crippen LogP contribution is -2.62. The van der Waals surface area contributed by atoms with E-state index in [1.165, 1.54) is 12.8 Å². The van der Waals surface area contributed by atoms with Gasteiger partial charge in [-0.25, -0.2) is 0 Å². The summed E-state index contributed by atoms with van der Waals surface area (Å²) >= 11 is 0. The maximum atomic E-state index is 13.5. The van der Waals surface area contributed by atoms with E-state index >= 15 is 0 Å². The lowest BCUT2D eigenvalue weighted by molar-refractivity contribution is -0.166. The fourth-order valence-corrected chi connectivity index (χ4v) is 12.2. The number of ether oxygens (including phenoxy) is 2. The van der Waals surface area contributed by atoms with Gasteiger partial charge in [0.2, 0.25) is 0 Å². The number of carbonyl (C=O) groups is 2. The molecule has 0 aromatic rings. The molecule has 0 unspecified atom stereocenters. The molecule has 10 rings (SSSR count). The third-order valence-electron chi connectivity index (χ3n) is 11.3. The number of hydrogen-bond donors (Lipinski definition) is 0. The zero-order valence-electron chi connectivity index (χ0n) is 13.5. The standard InChI is InChI=1S/C20H20O4/c21-15-20-12-8-4-2-6-18(8)14-10(12)9-11(19(14,20)16(22)24-18)7-3-1-5-17(7,23-15)13(9)20/h7-14H,1-6H2/t7-,8+,9+,10-,11-,12+,13+,14-,17-,18-,19+,20+/m0/s1. The number of esters is 2. The van der Waals surface area contributed by atoms with Crippen LogP contribution in [0.4, 0.5) is 0 Å². The molecule has 8 saturated carbocycles. The highest BCUT2D eigenvalue weighted by molar-refractivity contribution is 5.99. The van der Waals surface area contributed by atoms with Crippen molar-refractivity contribution in [1.82, 2.24) is 0 Å². The monoisotopic (exact) mass is 324 g/mol. The molecule has 8 bridgehead atoms. The van der Waals surface area contributed by atoms with Crippen LogP contribution >= 0.6 is 0 Å². The molecule has 4 nitrogen and oxygen atoms in total. The van der Waals surface area contributed by atoms with E-state index in [-0.39, 0.29) is 23.1 Å². The lowest BCUT2D eigenvalue weighted by Gasteiger charge is -2.51. The average Bonchev–Trinajstić information content (AvgIpc) is 3.32. The Labute approximate surface area is 139 Å². The molecule has 0 aromatic heterocycles. The van der Waals surface area contributed by atoms with Gasteiger partial charge in [-0.2, -0.15) is 0 Å². The second-order valence-corrected chi connectivity index (χ2v) is 10.6. The van der Waals surface area contributed by atoms with Gasteiger partial charge in [-0.05, 0) is 62.2 Å². The molecule has 0 amide bonds. The second kappa shape index (κ2) is 2.59. The van der Waals surface area contributed by atoms with Crippen LogP contribution in [0.1, 0.15) is 38.5 Å². The van der Waals surface area contributed by atoms with Crippen LogP contribution in [-0.4, -0.2) is 23.1 Å². The van der Waals surface area contributed by atoms with Crippen molar-refractivity contribution >= 4 is 11.9 Å². The van der Waals surface area contributed by atoms with Gasteiger partial charge in [0.1, 0.15) is 11.2 Å². The summed E-state index contributed by atoms with van der Waals surface area (Å²) in [5, 5.41) is 0. The zero-order valence-corrected chi connectivity index (χ0v) is 13.5. The van der Waals surface area contributed by atoms with E-state index in [1.54, 1.807) is 0 Å². The van der Waals surface area contributed by atoms with E-state index in [2.05, 4.69) is 0 Å². The van der Waals surface area contributed by atoms with Crippen molar-refractivity contribution in [1.29, 1.82) is 0 Å². The van der Waals surface area contributed by atoms with Crippen molar-refractivity contribution in [3.05, 3.63) is 0 Å². The smallest absolute Gasteiger partial charge is 0.314 e. The third kappa shape index (κ3) is 0.579. The summed E-state index contributed by atoms with van der Waals surface area (Å²) in [6, 6.07) is 0. The van der Waals surface area contributed by atoms with Crippen LogP contribution in [0.15, 0.2) is 0 Å². The van der Waals surface area contributed by atoms with Gasteiger partial charge >= 0.3 is 11.9 Å². The van der Waals surface area contributed by atoms with E-state index < -0.39 is 10.8 Å². The molecule has 12 atom stereocenters. The van der Waals surface area contributed by atoms with E-state index in [4.69, 9.17) is 9.47 Å². The van der Waals surface area contributed by atoms with Gasteiger partial charge in [0.05, 0.1) is 10.8 Å². The lowest BCUT2D eigenvalue weighted by atomic mass is 9.45. The molecule has 0 N–H and O–H groups in total. The molecule has 10 fully saturated rings. The van der Waals surface area contributed by atoms with E-state index in [0.717, 1.165) is 25.7 Å². The molecule has 0 radical (unpaired) electrons. The van der Waals surface area contributed by atoms with E-state index in [9.17, 15) is 9.59 Å². The first-order chi connectivity index (χ1) is 11.7. The fraction of sp³-hybridized carbons (Fsp3) is 0.900. The summed E-state index contributed by atoms with van der Waals surface area (Å²) in [6.45, 7) is 0. The third-order valence-corrected chi connectivity index (χ3v) is 11.3. The highest BCUT2D eigenvalue weighted by atomic mass is 16.6. The Morgan fingerprint density at radius 2 is 1.21 bits per heavy atom. The first kappa shape index (κ1) is 11.5. The van der Waals surface area contributed by atoms with Crippen LogP contribution in [0.25, 0.3) is 0 Å². The molecular weight excluding hydrogens is 304 g/mol. The summed E-state index contributed by atoms with van der Waals surface area (Å²) in [7, 11) is 0. The van der Waals surface area contributed by atoms with Crippen LogP contribution < -0.4 is 0 Å². The summed E-state index contributed by atoms with van der Waals surface area (Å²) in [4.78, 5) is 27.0. The predicted octanol–water partition coefficient (Wildman–Crippen LogP) is 1.92. The topological polar surface area (TPSA) is 52.6 Å². The Kier molecular flexibility index (Phi) is 1.25. The Hall–Kier alpha value is -1.06. The minimum atomic E-state index is -0.454. The van der Waals surface area contributed by atoms with Crippen molar-refractivity contribution < 1.29 is 19.1 Å². The number of hydrogen-bond acceptors (Lipinski definition) is 4. The Morgan fingerprint density at radius 3 is 1.67 bits per heavy atom. The maximum Gasteiger partial charge on any atom is 0.314 e. The van der Waals surface area contributed by atoms with Gasteiger partial charge in [0.15, 0.2) is 0 Å². The fourth-order valence-electron chi connectivity index (χ4n) is 12.2. The van der Waals surface area contributed by atoms with Crippen LogP contribution in [0.2, 0.25) is 0 Å². The van der Waals surface area contributed by atoms with Crippen LogP contribution in [0.3, 0.4) is 0 Å². The molecule has 8 aliphatic carbocycles. The first-order valence-corrected chi connectivity index (χ1v) is 10.1. The van der Waals surface area contributed by atoms with Gasteiger partial charge in [-0.3, -0.25) is 9.59 Å². The Bertz CT molecular complexity index is 767. The van der Waals surface area contributed by atoms with Crippen molar-refractivity contribution in [2.24, 2.45) is 58.2 Å². The van der Waals surface area contributed by atoms with Gasteiger partial charge in [0, 0.05) is 23.7 Å². The van der Waals surface area contributed by atoms with Crippen molar-refractivity contribution in [2.75, 3.05) is 0 Å². The number of carbonyl (C=O) groups excluding carboxylic acids is 2. The molecule has 124 valence electrons. The summed E-state index contributed by atoms with van der Waals surface area (Å²) < 4.78 is 12.6. The van der Waals surface area contributed by atoms with Crippen molar-refractivity contribution in [2.45, 2.75) is 49.7 Å². The predicted molar refractivity (Wildman–Crippen MR) is 78.1 cm³/mol. The average molecular weight is 324 g/mol. The second-order valence-electron chi connectivity index (χ2n) is 10.6. The molecule has 4 heteroatoms. The number of rotatable bonds is 0. The summed E-state index contributed by atoms with van der Waals surface area (Å²) in [6.07, 6.45) is 6.80. The van der Waals surface area contributed by atoms with Gasteiger partial charge in [-0.15, -0.1) is 0 Å². The highest BCUT2D eigenvalue weighted by Crippen LogP contribution is 3.02. The molecular formula is C20H20O4. The Balaban J connectivity index is 1.47. The molecule has 2 saturated heterocycles. The van der Waals surface area contributed by atoms with Crippen LogP contribution in [0.5, 0.6) is 0 Å². The van der Waals surface area contributed by atoms with Crippen molar-refractivity contribution in [3.63, 3.8) is 0 Å². The maximum absolute atomic E-state index is 13.5. The van der Waals surface area contributed by atoms with Gasteiger partial charge in [0.25, 0.3) is 0 Å². The first-order valence-electron chi connectivity index (χ1n) is 10.1. The summed E-state index contributed by atoms with van der Waals surface area (Å²) in [5.74, 6) is 3.77.